The first-order valence-corrected chi connectivity index (χ1v) is 10.9. The third-order valence-corrected chi connectivity index (χ3v) is 5.51. The van der Waals surface area contributed by atoms with Crippen LogP contribution in [0.25, 0.3) is 11.5 Å². The third kappa shape index (κ3) is 6.30. The number of carbonyl (C=O) groups excluding carboxylic acids is 1. The lowest BCUT2D eigenvalue weighted by Crippen LogP contribution is -2.44. The Morgan fingerprint density at radius 1 is 1.29 bits per heavy atom. The first kappa shape index (κ1) is 22.8. The van der Waals surface area contributed by atoms with Crippen molar-refractivity contribution >= 4 is 11.9 Å². The minimum absolute atomic E-state index is 0.0299. The van der Waals surface area contributed by atoms with Crippen LogP contribution < -0.4 is 10.6 Å². The van der Waals surface area contributed by atoms with Gasteiger partial charge in [0, 0.05) is 39.8 Å². The number of rotatable bonds is 8. The highest BCUT2D eigenvalue weighted by atomic mass is 16.3. The number of oxazole rings is 1. The van der Waals surface area contributed by atoms with Gasteiger partial charge < -0.3 is 20.0 Å². The summed E-state index contributed by atoms with van der Waals surface area (Å²) in [6, 6.07) is 8.14. The summed E-state index contributed by atoms with van der Waals surface area (Å²) in [4.78, 5) is 25.1. The molecule has 1 aliphatic heterocycles. The van der Waals surface area contributed by atoms with Crippen LogP contribution in [-0.2, 0) is 11.3 Å². The van der Waals surface area contributed by atoms with Crippen LogP contribution in [0.15, 0.2) is 39.9 Å². The molecular formula is C23H34N6O2. The van der Waals surface area contributed by atoms with Gasteiger partial charge >= 0.3 is 0 Å². The molecule has 31 heavy (non-hydrogen) atoms. The molecule has 1 atom stereocenters. The lowest BCUT2D eigenvalue weighted by atomic mass is 10.1. The van der Waals surface area contributed by atoms with Crippen molar-refractivity contribution in [3.05, 3.63) is 41.8 Å². The summed E-state index contributed by atoms with van der Waals surface area (Å²) < 4.78 is 5.61. The number of amides is 1. The zero-order valence-electron chi connectivity index (χ0n) is 19.0. The lowest BCUT2D eigenvalue weighted by Gasteiger charge is -2.26. The molecule has 1 fully saturated rings. The van der Waals surface area contributed by atoms with E-state index in [1.54, 1.807) is 18.2 Å². The number of aromatic nitrogens is 1. The molecule has 0 radical (unpaired) electrons. The van der Waals surface area contributed by atoms with Gasteiger partial charge in [-0.1, -0.05) is 17.7 Å². The van der Waals surface area contributed by atoms with E-state index in [1.807, 2.05) is 38.4 Å². The van der Waals surface area contributed by atoms with Gasteiger partial charge in [-0.25, -0.2) is 4.98 Å². The number of nitrogens with one attached hydrogen (secondary N) is 2. The fourth-order valence-corrected chi connectivity index (χ4v) is 3.77. The molecule has 0 saturated carbocycles. The van der Waals surface area contributed by atoms with Gasteiger partial charge in [0.25, 0.3) is 0 Å². The molecule has 1 amide bonds. The number of nitrogens with zero attached hydrogens (tertiary/aromatic N) is 4. The Morgan fingerprint density at radius 2 is 2.06 bits per heavy atom. The number of carbonyl (C=O) groups is 1. The van der Waals surface area contributed by atoms with E-state index in [9.17, 15) is 4.79 Å². The van der Waals surface area contributed by atoms with Crippen molar-refractivity contribution < 1.29 is 9.21 Å². The Bertz CT molecular complexity index is 874. The number of hydrogen-bond donors (Lipinski definition) is 2. The van der Waals surface area contributed by atoms with Crippen molar-refractivity contribution in [2.75, 3.05) is 40.8 Å². The predicted octanol–water partition coefficient (Wildman–Crippen LogP) is 2.26. The maximum atomic E-state index is 12.3. The Morgan fingerprint density at radius 3 is 2.77 bits per heavy atom. The maximum absolute atomic E-state index is 12.3. The molecule has 8 nitrogen and oxygen atoms in total. The van der Waals surface area contributed by atoms with Gasteiger partial charge in [0.15, 0.2) is 5.96 Å². The van der Waals surface area contributed by atoms with Crippen molar-refractivity contribution in [2.45, 2.75) is 38.8 Å². The van der Waals surface area contributed by atoms with E-state index in [4.69, 9.17) is 4.42 Å². The molecule has 0 spiro atoms. The van der Waals surface area contributed by atoms with Gasteiger partial charge in [-0.2, -0.15) is 0 Å². The van der Waals surface area contributed by atoms with E-state index in [2.05, 4.69) is 32.4 Å². The highest BCUT2D eigenvalue weighted by molar-refractivity contribution is 5.81. The largest absolute Gasteiger partial charge is 0.444 e. The van der Waals surface area contributed by atoms with Crippen LogP contribution in [0, 0.1) is 6.92 Å². The zero-order chi connectivity index (χ0) is 22.2. The van der Waals surface area contributed by atoms with Gasteiger partial charge in [-0.05, 0) is 44.9 Å². The van der Waals surface area contributed by atoms with Gasteiger partial charge in [-0.3, -0.25) is 14.7 Å². The molecule has 168 valence electrons. The third-order valence-electron chi connectivity index (χ3n) is 5.51. The molecule has 3 rings (SSSR count). The van der Waals surface area contributed by atoms with E-state index in [0.717, 1.165) is 56.1 Å². The number of benzene rings is 1. The molecule has 0 bridgehead atoms. The van der Waals surface area contributed by atoms with Gasteiger partial charge in [0.1, 0.15) is 6.26 Å². The Hall–Kier alpha value is -2.87. The average Bonchev–Trinajstić information content (AvgIpc) is 3.43. The molecule has 1 saturated heterocycles. The normalized spacial score (nSPS) is 17.0. The number of likely N-dealkylation sites (tertiary alicyclic amines) is 1. The predicted molar refractivity (Wildman–Crippen MR) is 123 cm³/mol. The van der Waals surface area contributed by atoms with Crippen LogP contribution in [-0.4, -0.2) is 73.5 Å². The summed E-state index contributed by atoms with van der Waals surface area (Å²) in [7, 11) is 5.41. The van der Waals surface area contributed by atoms with E-state index in [1.165, 1.54) is 5.56 Å². The second-order valence-electron chi connectivity index (χ2n) is 8.14. The molecular weight excluding hydrogens is 392 g/mol. The standard InChI is InChI=1S/C23H34N6O2/c1-17-8-10-18(11-9-17)21-27-19(16-31-21)15-26-23(24-2)25-12-6-14-29-13-5-7-20(29)22(30)28(3)4/h8-11,16,20H,5-7,12-15H2,1-4H3,(H2,24,25,26). The quantitative estimate of drug-likeness (QED) is 0.383. The van der Waals surface area contributed by atoms with Crippen molar-refractivity contribution in [3.63, 3.8) is 0 Å². The lowest BCUT2D eigenvalue weighted by molar-refractivity contribution is -0.133. The average molecular weight is 427 g/mol. The number of likely N-dealkylation sites (N-methyl/N-ethyl adjacent to an activating group) is 1. The molecule has 2 N–H and O–H groups in total. The molecule has 2 heterocycles. The van der Waals surface area contributed by atoms with Gasteiger partial charge in [0.05, 0.1) is 18.3 Å². The highest BCUT2D eigenvalue weighted by Gasteiger charge is 2.30. The van der Waals surface area contributed by atoms with Crippen LogP contribution in [0.5, 0.6) is 0 Å². The van der Waals surface area contributed by atoms with Crippen molar-refractivity contribution in [1.29, 1.82) is 0 Å². The monoisotopic (exact) mass is 426 g/mol. The SMILES string of the molecule is CN=C(NCCCN1CCCC1C(=O)N(C)C)NCc1coc(-c2ccc(C)cc2)n1. The first-order chi connectivity index (χ1) is 15.0. The first-order valence-electron chi connectivity index (χ1n) is 10.9. The second-order valence-corrected chi connectivity index (χ2v) is 8.14. The summed E-state index contributed by atoms with van der Waals surface area (Å²) in [5.41, 5.74) is 2.99. The van der Waals surface area contributed by atoms with Crippen molar-refractivity contribution in [3.8, 4) is 11.5 Å². The highest BCUT2D eigenvalue weighted by Crippen LogP contribution is 2.19. The van der Waals surface area contributed by atoms with Crippen LogP contribution in [0.4, 0.5) is 0 Å². The Balaban J connectivity index is 1.40. The minimum Gasteiger partial charge on any atom is -0.444 e. The number of hydrogen-bond acceptors (Lipinski definition) is 5. The molecule has 1 aromatic carbocycles. The van der Waals surface area contributed by atoms with Crippen LogP contribution >= 0.6 is 0 Å². The fraction of sp³-hybridized carbons (Fsp3) is 0.522. The van der Waals surface area contributed by atoms with Gasteiger partial charge in [0.2, 0.25) is 11.8 Å². The van der Waals surface area contributed by atoms with Crippen LogP contribution in [0.1, 0.15) is 30.5 Å². The summed E-state index contributed by atoms with van der Waals surface area (Å²) in [5.74, 6) is 1.55. The van der Waals surface area contributed by atoms with E-state index >= 15 is 0 Å². The Labute approximate surface area is 184 Å². The molecule has 1 unspecified atom stereocenters. The summed E-state index contributed by atoms with van der Waals surface area (Å²) in [6.45, 7) is 5.26. The number of guanidine groups is 1. The van der Waals surface area contributed by atoms with Gasteiger partial charge in [-0.15, -0.1) is 0 Å². The maximum Gasteiger partial charge on any atom is 0.239 e. The topological polar surface area (TPSA) is 86.0 Å². The smallest absolute Gasteiger partial charge is 0.239 e. The van der Waals surface area contributed by atoms with E-state index in [0.29, 0.717) is 12.4 Å². The van der Waals surface area contributed by atoms with Crippen LogP contribution in [0.3, 0.4) is 0 Å². The van der Waals surface area contributed by atoms with Crippen molar-refractivity contribution in [2.24, 2.45) is 4.99 Å². The summed E-state index contributed by atoms with van der Waals surface area (Å²) in [6.07, 6.45) is 4.66. The van der Waals surface area contributed by atoms with E-state index in [-0.39, 0.29) is 11.9 Å². The van der Waals surface area contributed by atoms with Crippen LogP contribution in [0.2, 0.25) is 0 Å². The minimum atomic E-state index is 0.0299. The summed E-state index contributed by atoms with van der Waals surface area (Å²) >= 11 is 0. The van der Waals surface area contributed by atoms with E-state index < -0.39 is 0 Å². The molecule has 1 aliphatic rings. The van der Waals surface area contributed by atoms with Crippen molar-refractivity contribution in [1.82, 2.24) is 25.4 Å². The molecule has 1 aromatic heterocycles. The summed E-state index contributed by atoms with van der Waals surface area (Å²) in [5, 5.41) is 6.61. The fourth-order valence-electron chi connectivity index (χ4n) is 3.77. The second kappa shape index (κ2) is 10.9. The zero-order valence-corrected chi connectivity index (χ0v) is 19.0. The molecule has 0 aliphatic carbocycles. The Kier molecular flexibility index (Phi) is 8.06. The number of aryl methyl sites for hydroxylation is 1. The number of aliphatic imine (C=N–C) groups is 1. The molecule has 8 heteroatoms. The molecule has 2 aromatic rings.